The van der Waals surface area contributed by atoms with Crippen LogP contribution in [0.25, 0.3) is 0 Å². The third-order valence-electron chi connectivity index (χ3n) is 2.27. The Hall–Kier alpha value is -1.52. The minimum Gasteiger partial charge on any atom is -0.478 e. The Morgan fingerprint density at radius 3 is 2.67 bits per heavy atom. The van der Waals surface area contributed by atoms with E-state index in [1.165, 1.54) is 11.8 Å². The molecule has 2 rings (SSSR count). The molecule has 1 aromatic carbocycles. The SMILES string of the molecule is Cc1ccc(C(=O)O)c(Sc2ccccc2Cl)n1. The summed E-state index contributed by atoms with van der Waals surface area (Å²) in [6.07, 6.45) is 0. The molecule has 5 heteroatoms. The summed E-state index contributed by atoms with van der Waals surface area (Å²) in [5.41, 5.74) is 0.958. The van der Waals surface area contributed by atoms with E-state index in [2.05, 4.69) is 4.98 Å². The van der Waals surface area contributed by atoms with Crippen LogP contribution in [0, 0.1) is 6.92 Å². The Labute approximate surface area is 114 Å². The lowest BCUT2D eigenvalue weighted by atomic mass is 10.2. The monoisotopic (exact) mass is 279 g/mol. The molecule has 1 heterocycles. The lowest BCUT2D eigenvalue weighted by Crippen LogP contribution is -2.01. The minimum atomic E-state index is -0.989. The summed E-state index contributed by atoms with van der Waals surface area (Å²) >= 11 is 7.31. The molecule has 0 bridgehead atoms. The molecule has 18 heavy (non-hydrogen) atoms. The van der Waals surface area contributed by atoms with Gasteiger partial charge >= 0.3 is 5.97 Å². The van der Waals surface area contributed by atoms with Gasteiger partial charge in [-0.15, -0.1) is 0 Å². The van der Waals surface area contributed by atoms with Gasteiger partial charge in [-0.1, -0.05) is 35.5 Å². The Morgan fingerprint density at radius 2 is 2.00 bits per heavy atom. The largest absolute Gasteiger partial charge is 0.478 e. The molecule has 0 aliphatic carbocycles. The van der Waals surface area contributed by atoms with Gasteiger partial charge in [-0.05, 0) is 31.2 Å². The molecule has 0 atom stereocenters. The van der Waals surface area contributed by atoms with Crippen LogP contribution in [0.2, 0.25) is 5.02 Å². The van der Waals surface area contributed by atoms with E-state index in [0.717, 1.165) is 10.6 Å². The molecule has 2 aromatic rings. The molecule has 0 radical (unpaired) electrons. The maximum absolute atomic E-state index is 11.1. The van der Waals surface area contributed by atoms with Gasteiger partial charge in [0.1, 0.15) is 5.03 Å². The molecule has 0 aliphatic heterocycles. The molecule has 0 spiro atoms. The highest BCUT2D eigenvalue weighted by molar-refractivity contribution is 7.99. The van der Waals surface area contributed by atoms with Crippen molar-refractivity contribution in [1.82, 2.24) is 4.98 Å². The second kappa shape index (κ2) is 5.42. The molecule has 0 aliphatic rings. The summed E-state index contributed by atoms with van der Waals surface area (Å²) in [6, 6.07) is 10.5. The number of carbonyl (C=O) groups is 1. The van der Waals surface area contributed by atoms with Gasteiger partial charge in [0, 0.05) is 10.6 Å². The van der Waals surface area contributed by atoms with E-state index in [-0.39, 0.29) is 5.56 Å². The molecule has 1 N–H and O–H groups in total. The van der Waals surface area contributed by atoms with Crippen molar-refractivity contribution in [3.05, 3.63) is 52.7 Å². The first-order valence-corrected chi connectivity index (χ1v) is 6.40. The lowest BCUT2D eigenvalue weighted by Gasteiger charge is -2.07. The highest BCUT2D eigenvalue weighted by Crippen LogP contribution is 2.33. The molecule has 1 aromatic heterocycles. The van der Waals surface area contributed by atoms with Crippen molar-refractivity contribution in [2.45, 2.75) is 16.8 Å². The van der Waals surface area contributed by atoms with E-state index >= 15 is 0 Å². The highest BCUT2D eigenvalue weighted by atomic mass is 35.5. The number of aromatic nitrogens is 1. The van der Waals surface area contributed by atoms with Crippen LogP contribution in [0.4, 0.5) is 0 Å². The minimum absolute atomic E-state index is 0.186. The summed E-state index contributed by atoms with van der Waals surface area (Å²) in [7, 11) is 0. The summed E-state index contributed by atoms with van der Waals surface area (Å²) in [5, 5.41) is 10.2. The summed E-state index contributed by atoms with van der Waals surface area (Å²) in [6.45, 7) is 1.82. The van der Waals surface area contributed by atoms with Crippen LogP contribution in [0.5, 0.6) is 0 Å². The maximum Gasteiger partial charge on any atom is 0.338 e. The van der Waals surface area contributed by atoms with Crippen molar-refractivity contribution in [2.24, 2.45) is 0 Å². The molecule has 0 saturated carbocycles. The van der Waals surface area contributed by atoms with Gasteiger partial charge in [0.2, 0.25) is 0 Å². The van der Waals surface area contributed by atoms with Gasteiger partial charge in [-0.2, -0.15) is 0 Å². The zero-order valence-corrected chi connectivity index (χ0v) is 11.1. The number of hydrogen-bond donors (Lipinski definition) is 1. The van der Waals surface area contributed by atoms with Crippen molar-refractivity contribution in [3.63, 3.8) is 0 Å². The van der Waals surface area contributed by atoms with Crippen molar-refractivity contribution in [2.75, 3.05) is 0 Å². The molecular formula is C13H10ClNO2S. The Kier molecular flexibility index (Phi) is 3.89. The summed E-state index contributed by atoms with van der Waals surface area (Å²) < 4.78 is 0. The fourth-order valence-corrected chi connectivity index (χ4v) is 2.63. The maximum atomic E-state index is 11.1. The third kappa shape index (κ3) is 2.83. The van der Waals surface area contributed by atoms with Gasteiger partial charge in [0.05, 0.1) is 10.6 Å². The van der Waals surface area contributed by atoms with Gasteiger partial charge in [0.15, 0.2) is 0 Å². The van der Waals surface area contributed by atoms with Crippen molar-refractivity contribution in [1.29, 1.82) is 0 Å². The molecule has 3 nitrogen and oxygen atoms in total. The number of pyridine rings is 1. The second-order valence-electron chi connectivity index (χ2n) is 3.64. The van der Waals surface area contributed by atoms with Crippen LogP contribution in [0.15, 0.2) is 46.3 Å². The van der Waals surface area contributed by atoms with Gasteiger partial charge in [-0.25, -0.2) is 9.78 Å². The normalized spacial score (nSPS) is 10.3. The number of hydrogen-bond acceptors (Lipinski definition) is 3. The van der Waals surface area contributed by atoms with Crippen molar-refractivity contribution in [3.8, 4) is 0 Å². The average molecular weight is 280 g/mol. The van der Waals surface area contributed by atoms with Gasteiger partial charge in [0.25, 0.3) is 0 Å². The van der Waals surface area contributed by atoms with Crippen LogP contribution in [0.1, 0.15) is 16.1 Å². The number of carboxylic acid groups (broad SMARTS) is 1. The van der Waals surface area contributed by atoms with E-state index in [1.807, 2.05) is 25.1 Å². The number of carboxylic acids is 1. The highest BCUT2D eigenvalue weighted by Gasteiger charge is 2.14. The fraction of sp³-hybridized carbons (Fsp3) is 0.0769. The van der Waals surface area contributed by atoms with E-state index in [0.29, 0.717) is 10.0 Å². The molecule has 0 amide bonds. The lowest BCUT2D eigenvalue weighted by molar-refractivity contribution is 0.0692. The number of benzene rings is 1. The van der Waals surface area contributed by atoms with Crippen LogP contribution >= 0.6 is 23.4 Å². The molecule has 0 unspecified atom stereocenters. The third-order valence-corrected chi connectivity index (χ3v) is 3.80. The average Bonchev–Trinajstić information content (AvgIpc) is 2.32. The fourth-order valence-electron chi connectivity index (χ4n) is 1.41. The van der Waals surface area contributed by atoms with Gasteiger partial charge < -0.3 is 5.11 Å². The number of aryl methyl sites for hydroxylation is 1. The zero-order chi connectivity index (χ0) is 13.1. The van der Waals surface area contributed by atoms with Crippen LogP contribution in [-0.2, 0) is 0 Å². The Balaban J connectivity index is 2.42. The molecule has 0 fully saturated rings. The Bertz CT molecular complexity index is 601. The first kappa shape index (κ1) is 12.9. The first-order valence-electron chi connectivity index (χ1n) is 5.21. The smallest absolute Gasteiger partial charge is 0.338 e. The summed E-state index contributed by atoms with van der Waals surface area (Å²) in [5.74, 6) is -0.989. The second-order valence-corrected chi connectivity index (χ2v) is 5.08. The Morgan fingerprint density at radius 1 is 1.28 bits per heavy atom. The number of rotatable bonds is 3. The predicted molar refractivity (Wildman–Crippen MR) is 71.5 cm³/mol. The van der Waals surface area contributed by atoms with E-state index in [9.17, 15) is 4.79 Å². The van der Waals surface area contributed by atoms with Crippen LogP contribution in [0.3, 0.4) is 0 Å². The molecule has 0 saturated heterocycles. The predicted octanol–water partition coefficient (Wildman–Crippen LogP) is 3.89. The standard InChI is InChI=1S/C13H10ClNO2S/c1-8-6-7-9(13(16)17)12(15-8)18-11-5-3-2-4-10(11)14/h2-7H,1H3,(H,16,17). The molecule has 92 valence electrons. The number of nitrogens with zero attached hydrogens (tertiary/aromatic N) is 1. The topological polar surface area (TPSA) is 50.2 Å². The summed E-state index contributed by atoms with van der Waals surface area (Å²) in [4.78, 5) is 16.2. The van der Waals surface area contributed by atoms with Crippen LogP contribution in [-0.4, -0.2) is 16.1 Å². The number of halogens is 1. The van der Waals surface area contributed by atoms with Crippen molar-refractivity contribution >= 4 is 29.3 Å². The quantitative estimate of drug-likeness (QED) is 0.926. The van der Waals surface area contributed by atoms with E-state index < -0.39 is 5.97 Å². The van der Waals surface area contributed by atoms with Crippen molar-refractivity contribution < 1.29 is 9.90 Å². The first-order chi connectivity index (χ1) is 8.58. The van der Waals surface area contributed by atoms with Crippen LogP contribution < -0.4 is 0 Å². The molecular weight excluding hydrogens is 270 g/mol. The van der Waals surface area contributed by atoms with Gasteiger partial charge in [-0.3, -0.25) is 0 Å². The number of aromatic carboxylic acids is 1. The van der Waals surface area contributed by atoms with E-state index in [4.69, 9.17) is 16.7 Å². The van der Waals surface area contributed by atoms with E-state index in [1.54, 1.807) is 18.2 Å². The zero-order valence-electron chi connectivity index (χ0n) is 9.55.